The summed E-state index contributed by atoms with van der Waals surface area (Å²) in [6.07, 6.45) is 1.26. The maximum Gasteiger partial charge on any atom is 0.334 e. The molecule has 0 spiro atoms. The SMILES string of the molecule is C=C1C(=O)O[C@H]2[C@@H]1C[C@H](O)[C@]1(C)O[C@@H]1CC[C@@]1(C)O[C@H]21. The van der Waals surface area contributed by atoms with Gasteiger partial charge in [-0.2, -0.15) is 0 Å². The Labute approximate surface area is 117 Å². The first kappa shape index (κ1) is 12.8. The van der Waals surface area contributed by atoms with Crippen LogP contribution in [0, 0.1) is 5.92 Å². The zero-order valence-electron chi connectivity index (χ0n) is 11.8. The fourth-order valence-electron chi connectivity index (χ4n) is 3.86. The molecule has 3 heterocycles. The van der Waals surface area contributed by atoms with E-state index in [4.69, 9.17) is 14.2 Å². The van der Waals surface area contributed by atoms with Crippen LogP contribution in [0.25, 0.3) is 0 Å². The van der Waals surface area contributed by atoms with Crippen molar-refractivity contribution in [1.82, 2.24) is 0 Å². The highest BCUT2D eigenvalue weighted by Gasteiger charge is 2.66. The average molecular weight is 280 g/mol. The standard InChI is InChI=1S/C15H20O5/c1-7-8-6-9(16)15(3)10(19-15)4-5-14(2)12(20-14)11(8)18-13(7)17/h8-12,16H,1,4-6H2,2-3H3/t8-,9+,10-,11+,12-,14-,15+/m1/s1. The summed E-state index contributed by atoms with van der Waals surface area (Å²) in [4.78, 5) is 11.8. The zero-order chi connectivity index (χ0) is 14.3. The predicted molar refractivity (Wildman–Crippen MR) is 68.9 cm³/mol. The lowest BCUT2D eigenvalue weighted by Crippen LogP contribution is -2.37. The molecule has 0 aromatic heterocycles. The van der Waals surface area contributed by atoms with Gasteiger partial charge in [0.05, 0.1) is 17.8 Å². The molecule has 110 valence electrons. The van der Waals surface area contributed by atoms with Crippen molar-refractivity contribution in [2.75, 3.05) is 0 Å². The molecule has 0 aromatic rings. The minimum atomic E-state index is -0.602. The summed E-state index contributed by atoms with van der Waals surface area (Å²) in [5.41, 5.74) is -0.273. The van der Waals surface area contributed by atoms with Crippen LogP contribution in [0.3, 0.4) is 0 Å². The van der Waals surface area contributed by atoms with Gasteiger partial charge in [-0.3, -0.25) is 0 Å². The summed E-state index contributed by atoms with van der Waals surface area (Å²) in [6.45, 7) is 7.83. The second kappa shape index (κ2) is 3.64. The van der Waals surface area contributed by atoms with Crippen LogP contribution in [-0.2, 0) is 19.0 Å². The average Bonchev–Trinajstić information content (AvgIpc) is 3.23. The topological polar surface area (TPSA) is 71.6 Å². The third-order valence-corrected chi connectivity index (χ3v) is 5.61. The second-order valence-corrected chi connectivity index (χ2v) is 6.93. The first-order chi connectivity index (χ1) is 9.35. The third kappa shape index (κ3) is 1.57. The molecule has 1 N–H and O–H groups in total. The third-order valence-electron chi connectivity index (χ3n) is 5.61. The van der Waals surface area contributed by atoms with E-state index in [1.165, 1.54) is 0 Å². The van der Waals surface area contributed by atoms with E-state index < -0.39 is 11.7 Å². The lowest BCUT2D eigenvalue weighted by atomic mass is 9.80. The van der Waals surface area contributed by atoms with Gasteiger partial charge < -0.3 is 19.3 Å². The normalized spacial score (nSPS) is 57.2. The first-order valence-electron chi connectivity index (χ1n) is 7.29. The Morgan fingerprint density at radius 3 is 2.85 bits per heavy atom. The summed E-state index contributed by atoms with van der Waals surface area (Å²) < 4.78 is 17.0. The van der Waals surface area contributed by atoms with Crippen LogP contribution < -0.4 is 0 Å². The monoisotopic (exact) mass is 280 g/mol. The number of epoxide rings is 2. The number of carbonyl (C=O) groups excluding carboxylic acids is 1. The Hall–Kier alpha value is -0.910. The number of ether oxygens (including phenoxy) is 3. The van der Waals surface area contributed by atoms with Gasteiger partial charge >= 0.3 is 5.97 Å². The van der Waals surface area contributed by atoms with E-state index in [0.29, 0.717) is 12.0 Å². The Kier molecular flexibility index (Phi) is 2.33. The molecule has 0 radical (unpaired) electrons. The molecule has 4 aliphatic rings. The van der Waals surface area contributed by atoms with Crippen LogP contribution in [0.2, 0.25) is 0 Å². The highest BCUT2D eigenvalue weighted by atomic mass is 16.7. The van der Waals surface area contributed by atoms with Gasteiger partial charge in [0.1, 0.15) is 17.8 Å². The van der Waals surface area contributed by atoms with Crippen molar-refractivity contribution in [3.8, 4) is 0 Å². The molecule has 0 unspecified atom stereocenters. The second-order valence-electron chi connectivity index (χ2n) is 6.93. The maximum absolute atomic E-state index is 11.8. The number of carbonyl (C=O) groups is 1. The van der Waals surface area contributed by atoms with Gasteiger partial charge in [0, 0.05) is 11.5 Å². The largest absolute Gasteiger partial charge is 0.455 e. The van der Waals surface area contributed by atoms with Crippen molar-refractivity contribution in [2.45, 2.75) is 68.7 Å². The molecule has 0 aromatic carbocycles. The Balaban J connectivity index is 1.66. The van der Waals surface area contributed by atoms with Gasteiger partial charge in [0.15, 0.2) is 0 Å². The Morgan fingerprint density at radius 1 is 1.35 bits per heavy atom. The molecule has 0 bridgehead atoms. The molecule has 0 amide bonds. The van der Waals surface area contributed by atoms with Gasteiger partial charge in [0.2, 0.25) is 0 Å². The Bertz CT molecular complexity index is 502. The van der Waals surface area contributed by atoms with Gasteiger partial charge in [-0.15, -0.1) is 0 Å². The minimum absolute atomic E-state index is 0.0778. The van der Waals surface area contributed by atoms with Gasteiger partial charge in [-0.25, -0.2) is 4.79 Å². The summed E-state index contributed by atoms with van der Waals surface area (Å²) in [5, 5.41) is 10.4. The molecule has 4 fully saturated rings. The lowest BCUT2D eigenvalue weighted by Gasteiger charge is -2.24. The van der Waals surface area contributed by atoms with E-state index in [-0.39, 0.29) is 35.8 Å². The van der Waals surface area contributed by atoms with Gasteiger partial charge in [-0.1, -0.05) is 6.58 Å². The predicted octanol–water partition coefficient (Wildman–Crippen LogP) is 0.944. The molecule has 1 saturated carbocycles. The highest BCUT2D eigenvalue weighted by molar-refractivity contribution is 5.91. The van der Waals surface area contributed by atoms with Crippen LogP contribution in [0.5, 0.6) is 0 Å². The fraction of sp³-hybridized carbons (Fsp3) is 0.800. The van der Waals surface area contributed by atoms with Crippen LogP contribution in [0.1, 0.15) is 33.1 Å². The number of esters is 1. The molecular weight excluding hydrogens is 260 g/mol. The highest BCUT2D eigenvalue weighted by Crippen LogP contribution is 2.54. The molecule has 3 aliphatic heterocycles. The van der Waals surface area contributed by atoms with Crippen molar-refractivity contribution in [3.63, 3.8) is 0 Å². The van der Waals surface area contributed by atoms with Crippen molar-refractivity contribution >= 4 is 5.97 Å². The van der Waals surface area contributed by atoms with Crippen molar-refractivity contribution < 1.29 is 24.1 Å². The van der Waals surface area contributed by atoms with Gasteiger partial charge in [-0.05, 0) is 33.1 Å². The molecule has 3 saturated heterocycles. The number of hydrogen-bond acceptors (Lipinski definition) is 5. The molecule has 1 aliphatic carbocycles. The van der Waals surface area contributed by atoms with Gasteiger partial charge in [0.25, 0.3) is 0 Å². The number of rotatable bonds is 0. The molecular formula is C15H20O5. The number of aliphatic hydroxyl groups excluding tert-OH is 1. The van der Waals surface area contributed by atoms with E-state index in [2.05, 4.69) is 13.5 Å². The summed E-state index contributed by atoms with van der Waals surface area (Å²) in [6, 6.07) is 0. The fourth-order valence-corrected chi connectivity index (χ4v) is 3.86. The first-order valence-corrected chi connectivity index (χ1v) is 7.29. The summed E-state index contributed by atoms with van der Waals surface area (Å²) in [7, 11) is 0. The summed E-state index contributed by atoms with van der Waals surface area (Å²) >= 11 is 0. The van der Waals surface area contributed by atoms with E-state index >= 15 is 0 Å². The zero-order valence-corrected chi connectivity index (χ0v) is 11.8. The van der Waals surface area contributed by atoms with Crippen LogP contribution >= 0.6 is 0 Å². The van der Waals surface area contributed by atoms with Crippen LogP contribution in [-0.4, -0.2) is 46.7 Å². The van der Waals surface area contributed by atoms with Crippen molar-refractivity contribution in [1.29, 1.82) is 0 Å². The number of fused-ring (bicyclic) bond motifs is 4. The Morgan fingerprint density at radius 2 is 2.10 bits per heavy atom. The van der Waals surface area contributed by atoms with Crippen molar-refractivity contribution in [2.24, 2.45) is 5.92 Å². The molecule has 20 heavy (non-hydrogen) atoms. The minimum Gasteiger partial charge on any atom is -0.455 e. The lowest BCUT2D eigenvalue weighted by molar-refractivity contribution is -0.140. The molecule has 5 nitrogen and oxygen atoms in total. The number of aliphatic hydroxyl groups is 1. The summed E-state index contributed by atoms with van der Waals surface area (Å²) in [5.74, 6) is -0.535. The quantitative estimate of drug-likeness (QED) is 0.406. The van der Waals surface area contributed by atoms with Crippen LogP contribution in [0.15, 0.2) is 12.2 Å². The van der Waals surface area contributed by atoms with Crippen LogP contribution in [0.4, 0.5) is 0 Å². The van der Waals surface area contributed by atoms with E-state index in [9.17, 15) is 9.90 Å². The molecule has 5 heteroatoms. The van der Waals surface area contributed by atoms with E-state index in [1.54, 1.807) is 0 Å². The molecule has 7 atom stereocenters. The van der Waals surface area contributed by atoms with Crippen molar-refractivity contribution in [3.05, 3.63) is 12.2 Å². The van der Waals surface area contributed by atoms with E-state index in [1.807, 2.05) is 6.92 Å². The smallest absolute Gasteiger partial charge is 0.334 e. The molecule has 4 rings (SSSR count). The number of hydrogen-bond donors (Lipinski definition) is 1. The maximum atomic E-state index is 11.8. The van der Waals surface area contributed by atoms with E-state index in [0.717, 1.165) is 12.8 Å².